The second kappa shape index (κ2) is 6.10. The SMILES string of the molecule is CC(C)(C)CC(C)(C)c1ccc(OCCC#N)cc1. The maximum Gasteiger partial charge on any atom is 0.119 e. The largest absolute Gasteiger partial charge is 0.493 e. The van der Waals surface area contributed by atoms with E-state index in [0.29, 0.717) is 18.4 Å². The maximum atomic E-state index is 8.47. The summed E-state index contributed by atoms with van der Waals surface area (Å²) in [4.78, 5) is 0. The Balaban J connectivity index is 2.72. The molecule has 0 aliphatic carbocycles. The van der Waals surface area contributed by atoms with Crippen molar-refractivity contribution in [2.75, 3.05) is 6.61 Å². The second-order valence-electron chi connectivity index (χ2n) is 6.90. The Hall–Kier alpha value is -1.49. The topological polar surface area (TPSA) is 33.0 Å². The summed E-state index contributed by atoms with van der Waals surface area (Å²) in [5.74, 6) is 0.838. The fourth-order valence-corrected chi connectivity index (χ4v) is 2.64. The lowest BCUT2D eigenvalue weighted by molar-refractivity contribution is 0.283. The van der Waals surface area contributed by atoms with E-state index >= 15 is 0 Å². The number of hydrogen-bond acceptors (Lipinski definition) is 2. The zero-order chi connectivity index (χ0) is 14.5. The van der Waals surface area contributed by atoms with Gasteiger partial charge in [0.2, 0.25) is 0 Å². The zero-order valence-electron chi connectivity index (χ0n) is 12.8. The van der Waals surface area contributed by atoms with Gasteiger partial charge in [0, 0.05) is 0 Å². The molecule has 0 amide bonds. The van der Waals surface area contributed by atoms with Crippen LogP contribution >= 0.6 is 0 Å². The van der Waals surface area contributed by atoms with Gasteiger partial charge >= 0.3 is 0 Å². The molecule has 0 aliphatic heterocycles. The lowest BCUT2D eigenvalue weighted by Crippen LogP contribution is -2.24. The molecule has 0 bridgehead atoms. The van der Waals surface area contributed by atoms with Crippen LogP contribution in [0.25, 0.3) is 0 Å². The Morgan fingerprint density at radius 2 is 1.63 bits per heavy atom. The van der Waals surface area contributed by atoms with Crippen LogP contribution in [-0.4, -0.2) is 6.61 Å². The Kier molecular flexibility index (Phi) is 5.00. The molecule has 0 unspecified atom stereocenters. The predicted octanol–water partition coefficient (Wildman–Crippen LogP) is 4.69. The summed E-state index contributed by atoms with van der Waals surface area (Å²) >= 11 is 0. The van der Waals surface area contributed by atoms with Crippen LogP contribution in [0.5, 0.6) is 5.75 Å². The van der Waals surface area contributed by atoms with E-state index in [2.05, 4.69) is 52.8 Å². The Labute approximate surface area is 117 Å². The van der Waals surface area contributed by atoms with Crippen molar-refractivity contribution >= 4 is 0 Å². The van der Waals surface area contributed by atoms with E-state index < -0.39 is 0 Å². The van der Waals surface area contributed by atoms with Gasteiger partial charge in [0.05, 0.1) is 12.5 Å². The summed E-state index contributed by atoms with van der Waals surface area (Å²) in [6, 6.07) is 10.3. The monoisotopic (exact) mass is 259 g/mol. The molecule has 1 rings (SSSR count). The van der Waals surface area contributed by atoms with Gasteiger partial charge in [0.15, 0.2) is 0 Å². The molecular formula is C17H25NO. The van der Waals surface area contributed by atoms with Gasteiger partial charge in [-0.15, -0.1) is 0 Å². The summed E-state index contributed by atoms with van der Waals surface area (Å²) in [5, 5.41) is 8.47. The lowest BCUT2D eigenvalue weighted by Gasteiger charge is -2.33. The van der Waals surface area contributed by atoms with Crippen LogP contribution in [0, 0.1) is 16.7 Å². The first-order valence-corrected chi connectivity index (χ1v) is 6.85. The molecule has 0 fully saturated rings. The molecule has 0 heterocycles. The van der Waals surface area contributed by atoms with E-state index in [0.717, 1.165) is 12.2 Å². The normalized spacial score (nSPS) is 12.0. The summed E-state index contributed by atoms with van der Waals surface area (Å²) in [5.41, 5.74) is 1.80. The first kappa shape index (κ1) is 15.6. The number of nitrogens with zero attached hydrogens (tertiary/aromatic N) is 1. The van der Waals surface area contributed by atoms with Crippen molar-refractivity contribution in [1.29, 1.82) is 5.26 Å². The third-order valence-corrected chi connectivity index (χ3v) is 3.09. The minimum absolute atomic E-state index is 0.156. The average Bonchev–Trinajstić information content (AvgIpc) is 2.27. The maximum absolute atomic E-state index is 8.47. The van der Waals surface area contributed by atoms with Gasteiger partial charge in [0.1, 0.15) is 12.4 Å². The van der Waals surface area contributed by atoms with Crippen LogP contribution < -0.4 is 4.74 Å². The quantitative estimate of drug-likeness (QED) is 0.718. The van der Waals surface area contributed by atoms with Crippen molar-refractivity contribution in [3.8, 4) is 11.8 Å². The molecule has 0 spiro atoms. The Bertz CT molecular complexity index is 432. The number of nitriles is 1. The molecule has 0 radical (unpaired) electrons. The average molecular weight is 259 g/mol. The third kappa shape index (κ3) is 5.34. The second-order valence-corrected chi connectivity index (χ2v) is 6.90. The highest BCUT2D eigenvalue weighted by molar-refractivity contribution is 5.31. The van der Waals surface area contributed by atoms with Gasteiger partial charge in [-0.3, -0.25) is 0 Å². The standard InChI is InChI=1S/C17H25NO/c1-16(2,3)13-17(4,5)14-7-9-15(10-8-14)19-12-6-11-18/h7-10H,6,12-13H2,1-5H3. The van der Waals surface area contributed by atoms with E-state index in [-0.39, 0.29) is 5.41 Å². The fourth-order valence-electron chi connectivity index (χ4n) is 2.64. The molecule has 0 atom stereocenters. The van der Waals surface area contributed by atoms with E-state index in [1.54, 1.807) is 0 Å². The summed E-state index contributed by atoms with van der Waals surface area (Å²) in [6.45, 7) is 11.8. The molecule has 0 saturated heterocycles. The van der Waals surface area contributed by atoms with Crippen molar-refractivity contribution in [1.82, 2.24) is 0 Å². The van der Waals surface area contributed by atoms with Gasteiger partial charge in [-0.2, -0.15) is 5.26 Å². The molecular weight excluding hydrogens is 234 g/mol. The van der Waals surface area contributed by atoms with Crippen LogP contribution in [0.4, 0.5) is 0 Å². The van der Waals surface area contributed by atoms with Crippen molar-refractivity contribution in [2.24, 2.45) is 5.41 Å². The summed E-state index contributed by atoms with van der Waals surface area (Å²) < 4.78 is 5.49. The number of benzene rings is 1. The van der Waals surface area contributed by atoms with Crippen LogP contribution in [0.15, 0.2) is 24.3 Å². The molecule has 0 aromatic heterocycles. The van der Waals surface area contributed by atoms with Gasteiger partial charge in [-0.05, 0) is 34.9 Å². The molecule has 0 aliphatic rings. The van der Waals surface area contributed by atoms with Gasteiger partial charge < -0.3 is 4.74 Å². The smallest absolute Gasteiger partial charge is 0.119 e. The van der Waals surface area contributed by atoms with Crippen LogP contribution in [-0.2, 0) is 5.41 Å². The highest BCUT2D eigenvalue weighted by atomic mass is 16.5. The van der Waals surface area contributed by atoms with Crippen molar-refractivity contribution < 1.29 is 4.74 Å². The Morgan fingerprint density at radius 3 is 2.11 bits per heavy atom. The van der Waals surface area contributed by atoms with Crippen molar-refractivity contribution in [3.05, 3.63) is 29.8 Å². The number of ether oxygens (including phenoxy) is 1. The molecule has 1 aromatic rings. The van der Waals surface area contributed by atoms with Crippen LogP contribution in [0.2, 0.25) is 0 Å². The minimum Gasteiger partial charge on any atom is -0.493 e. The van der Waals surface area contributed by atoms with E-state index in [9.17, 15) is 0 Å². The van der Waals surface area contributed by atoms with Crippen molar-refractivity contribution in [3.63, 3.8) is 0 Å². The number of rotatable bonds is 5. The van der Waals surface area contributed by atoms with E-state index in [1.807, 2.05) is 12.1 Å². The van der Waals surface area contributed by atoms with E-state index in [4.69, 9.17) is 10.00 Å². The van der Waals surface area contributed by atoms with Crippen molar-refractivity contribution in [2.45, 2.75) is 52.9 Å². The zero-order valence-corrected chi connectivity index (χ0v) is 12.8. The summed E-state index contributed by atoms with van der Waals surface area (Å²) in [7, 11) is 0. The first-order valence-electron chi connectivity index (χ1n) is 6.85. The molecule has 2 nitrogen and oxygen atoms in total. The molecule has 19 heavy (non-hydrogen) atoms. The molecule has 2 heteroatoms. The molecule has 1 aromatic carbocycles. The molecule has 0 N–H and O–H groups in total. The number of hydrogen-bond donors (Lipinski definition) is 0. The molecule has 104 valence electrons. The van der Waals surface area contributed by atoms with Gasteiger partial charge in [-0.1, -0.05) is 46.8 Å². The van der Waals surface area contributed by atoms with Crippen LogP contribution in [0.1, 0.15) is 53.0 Å². The molecule has 0 saturated carbocycles. The predicted molar refractivity (Wildman–Crippen MR) is 79.3 cm³/mol. The van der Waals surface area contributed by atoms with E-state index in [1.165, 1.54) is 5.56 Å². The fraction of sp³-hybridized carbons (Fsp3) is 0.588. The highest BCUT2D eigenvalue weighted by Crippen LogP contribution is 2.36. The lowest BCUT2D eigenvalue weighted by atomic mass is 9.72. The summed E-state index contributed by atoms with van der Waals surface area (Å²) in [6.07, 6.45) is 1.56. The highest BCUT2D eigenvalue weighted by Gasteiger charge is 2.27. The third-order valence-electron chi connectivity index (χ3n) is 3.09. The van der Waals surface area contributed by atoms with Crippen LogP contribution in [0.3, 0.4) is 0 Å². The van der Waals surface area contributed by atoms with Gasteiger partial charge in [-0.25, -0.2) is 0 Å². The van der Waals surface area contributed by atoms with Gasteiger partial charge in [0.25, 0.3) is 0 Å². The Morgan fingerprint density at radius 1 is 1.05 bits per heavy atom. The first-order chi connectivity index (χ1) is 8.74. The minimum atomic E-state index is 0.156.